The topological polar surface area (TPSA) is 209 Å². The van der Waals surface area contributed by atoms with E-state index < -0.39 is 83.9 Å². The molecule has 15 nitrogen and oxygen atoms in total. The van der Waals surface area contributed by atoms with Crippen molar-refractivity contribution >= 4 is 74.3 Å². The Kier molecular flexibility index (Phi) is 9.19. The van der Waals surface area contributed by atoms with Gasteiger partial charge >= 0.3 is 23.9 Å². The number of Topliss-reactive ketones (excluding diaryl/α,β-unsaturated/α-hetero) is 5. The lowest BCUT2D eigenvalue weighted by Crippen LogP contribution is -2.45. The lowest BCUT2D eigenvalue weighted by atomic mass is 9.73. The second-order valence-electron chi connectivity index (χ2n) is 14.0. The molecule has 3 atom stereocenters. The van der Waals surface area contributed by atoms with Gasteiger partial charge in [0.05, 0.1) is 41.0 Å². The second kappa shape index (κ2) is 14.1. The summed E-state index contributed by atoms with van der Waals surface area (Å²) >= 11 is 0. The number of benzene rings is 4. The van der Waals surface area contributed by atoms with E-state index in [9.17, 15) is 43.2 Å². The first-order valence-corrected chi connectivity index (χ1v) is 18.0. The molecule has 0 N–H and O–H groups in total. The van der Waals surface area contributed by atoms with Crippen LogP contribution in [-0.2, 0) is 33.4 Å². The van der Waals surface area contributed by atoms with Gasteiger partial charge in [-0.3, -0.25) is 43.2 Å². The number of ketones is 5. The van der Waals surface area contributed by atoms with E-state index in [-0.39, 0.29) is 89.9 Å². The third-order valence-corrected chi connectivity index (χ3v) is 10.3. The van der Waals surface area contributed by atoms with E-state index in [2.05, 4.69) is 0 Å². The van der Waals surface area contributed by atoms with Gasteiger partial charge in [0.1, 0.15) is 6.10 Å². The molecule has 2 aliphatic heterocycles. The zero-order chi connectivity index (χ0) is 41.3. The highest BCUT2D eigenvalue weighted by Crippen LogP contribution is 2.50. The Morgan fingerprint density at radius 1 is 0.552 bits per heavy atom. The van der Waals surface area contributed by atoms with E-state index in [0.29, 0.717) is 0 Å². The molecule has 0 aromatic heterocycles. The van der Waals surface area contributed by atoms with Crippen LogP contribution in [0, 0.1) is 5.92 Å². The molecule has 0 fully saturated rings. The second-order valence-corrected chi connectivity index (χ2v) is 14.0. The molecule has 4 aliphatic rings. The van der Waals surface area contributed by atoms with Crippen LogP contribution in [0.15, 0.2) is 71.5 Å². The van der Waals surface area contributed by atoms with Crippen molar-refractivity contribution < 1.29 is 71.6 Å². The third kappa shape index (κ3) is 5.98. The van der Waals surface area contributed by atoms with Crippen LogP contribution in [-0.4, -0.2) is 71.6 Å². The number of carbonyl (C=O) groups is 9. The van der Waals surface area contributed by atoms with Crippen LogP contribution in [0.4, 0.5) is 0 Å². The van der Waals surface area contributed by atoms with Gasteiger partial charge in [0, 0.05) is 78.8 Å². The monoisotopic (exact) mass is 786 g/mol. The maximum absolute atomic E-state index is 14.4. The summed E-state index contributed by atoms with van der Waals surface area (Å²) in [5, 5.41) is 0.904. The maximum Gasteiger partial charge on any atom is 0.308 e. The summed E-state index contributed by atoms with van der Waals surface area (Å²) in [6.07, 6.45) is -2.55. The molecule has 4 aromatic rings. The lowest BCUT2D eigenvalue weighted by Gasteiger charge is -2.35. The number of fused-ring (bicyclic) bond motifs is 5. The molecule has 0 spiro atoms. The molecule has 15 heteroatoms. The van der Waals surface area contributed by atoms with E-state index >= 15 is 0 Å². The van der Waals surface area contributed by atoms with Crippen molar-refractivity contribution in [3.63, 3.8) is 0 Å². The normalized spacial score (nSPS) is 19.6. The Balaban J connectivity index is 1.14. The molecule has 3 unspecified atom stereocenters. The van der Waals surface area contributed by atoms with E-state index in [4.69, 9.17) is 28.4 Å². The minimum atomic E-state index is -1.39. The summed E-state index contributed by atoms with van der Waals surface area (Å²) in [4.78, 5) is 120. The summed E-state index contributed by atoms with van der Waals surface area (Å²) in [7, 11) is 0. The first kappa shape index (κ1) is 37.8. The fraction of sp³-hybridized carbons (Fsp3) is 0.233. The van der Waals surface area contributed by atoms with Crippen LogP contribution >= 0.6 is 0 Å². The summed E-state index contributed by atoms with van der Waals surface area (Å²) in [5.74, 6) is -8.89. The van der Waals surface area contributed by atoms with E-state index in [1.165, 1.54) is 18.2 Å². The maximum atomic E-state index is 14.4. The van der Waals surface area contributed by atoms with Gasteiger partial charge in [-0.15, -0.1) is 0 Å². The number of hydrogen-bond acceptors (Lipinski definition) is 15. The van der Waals surface area contributed by atoms with Crippen LogP contribution in [0.1, 0.15) is 82.0 Å². The van der Waals surface area contributed by atoms with Gasteiger partial charge in [-0.1, -0.05) is 48.5 Å². The lowest BCUT2D eigenvalue weighted by molar-refractivity contribution is -0.140. The Labute approximate surface area is 327 Å². The van der Waals surface area contributed by atoms with Gasteiger partial charge in [-0.05, 0) is 0 Å². The van der Waals surface area contributed by atoms with Crippen molar-refractivity contribution in [2.75, 3.05) is 6.61 Å². The summed E-state index contributed by atoms with van der Waals surface area (Å²) < 4.78 is 33.6. The first-order chi connectivity index (χ1) is 27.7. The fourth-order valence-electron chi connectivity index (χ4n) is 7.99. The summed E-state index contributed by atoms with van der Waals surface area (Å²) in [6, 6.07) is 12.6. The van der Waals surface area contributed by atoms with Crippen LogP contribution in [0.5, 0.6) is 23.0 Å². The van der Waals surface area contributed by atoms with E-state index in [1.54, 1.807) is 30.3 Å². The molecular formula is C43H30O15. The van der Waals surface area contributed by atoms with E-state index in [0.717, 1.165) is 34.0 Å². The molecule has 0 amide bonds. The van der Waals surface area contributed by atoms with Crippen LogP contribution < -0.4 is 18.9 Å². The summed E-state index contributed by atoms with van der Waals surface area (Å²) in [5.41, 5.74) is -1.55. The Hall–Kier alpha value is -7.13. The molecule has 0 radical (unpaired) electrons. The Morgan fingerprint density at radius 3 is 1.41 bits per heavy atom. The SMILES string of the molecule is CC(=O)Oc1c2c(c(OC(C)=O)c3ccccc13)C(=O)C1=C(COC(C(=O)C3CC4C(=O)c5c(c(OC(C)=O)c6ccccc6c5OC(C)=O)C(=O)C4=CO3)C1)C2=O. The number of rotatable bonds is 6. The largest absolute Gasteiger partial charge is 0.490 e. The molecule has 4 aromatic carbocycles. The molecule has 292 valence electrons. The van der Waals surface area contributed by atoms with Gasteiger partial charge in [0.2, 0.25) is 5.78 Å². The number of ether oxygens (including phenoxy) is 6. The molecule has 58 heavy (non-hydrogen) atoms. The fourth-order valence-corrected chi connectivity index (χ4v) is 7.99. The third-order valence-electron chi connectivity index (χ3n) is 10.3. The van der Waals surface area contributed by atoms with Crippen molar-refractivity contribution in [3.8, 4) is 23.0 Å². The van der Waals surface area contributed by atoms with Crippen LogP contribution in [0.25, 0.3) is 21.5 Å². The number of esters is 4. The van der Waals surface area contributed by atoms with Gasteiger partial charge in [0.25, 0.3) is 0 Å². The molecule has 0 saturated carbocycles. The van der Waals surface area contributed by atoms with Crippen LogP contribution in [0.3, 0.4) is 0 Å². The highest BCUT2D eigenvalue weighted by Gasteiger charge is 2.49. The highest BCUT2D eigenvalue weighted by molar-refractivity contribution is 6.32. The van der Waals surface area contributed by atoms with Crippen molar-refractivity contribution in [2.24, 2.45) is 5.92 Å². The smallest absolute Gasteiger partial charge is 0.308 e. The van der Waals surface area contributed by atoms with Gasteiger partial charge in [-0.25, -0.2) is 0 Å². The van der Waals surface area contributed by atoms with Crippen LogP contribution in [0.2, 0.25) is 0 Å². The van der Waals surface area contributed by atoms with Gasteiger partial charge in [0.15, 0.2) is 52.2 Å². The average Bonchev–Trinajstić information content (AvgIpc) is 3.19. The zero-order valence-corrected chi connectivity index (χ0v) is 31.2. The molecule has 0 bridgehead atoms. The van der Waals surface area contributed by atoms with Crippen molar-refractivity contribution in [2.45, 2.75) is 52.7 Å². The number of allylic oxidation sites excluding steroid dienone is 1. The van der Waals surface area contributed by atoms with E-state index in [1.807, 2.05) is 0 Å². The molecule has 2 aliphatic carbocycles. The van der Waals surface area contributed by atoms with Gasteiger partial charge < -0.3 is 28.4 Å². The number of hydrogen-bond donors (Lipinski definition) is 0. The Bertz CT molecular complexity index is 2730. The average molecular weight is 787 g/mol. The highest BCUT2D eigenvalue weighted by atomic mass is 16.6. The van der Waals surface area contributed by atoms with Crippen molar-refractivity contribution in [1.29, 1.82) is 0 Å². The minimum Gasteiger partial charge on any atom is -0.490 e. The molecule has 8 rings (SSSR count). The zero-order valence-electron chi connectivity index (χ0n) is 31.2. The minimum absolute atomic E-state index is 0.0933. The quantitative estimate of drug-likeness (QED) is 0.184. The standard InChI is InChI=1S/C43H30O15/c1-17(44)55-40-21-9-5-7-11-23(21)42(57-19(3)46)33-31(40)35(48)25-13-29(53-15-27(25)37(33)50)39(52)30-14-26-28(16-54-30)38(51)34-32(36(26)49)41(56-18(2)45)22-10-6-8-12-24(22)43(34)58-20(4)47/h5-12,15,25,29-30H,13-14,16H2,1-4H3. The predicted octanol–water partition coefficient (Wildman–Crippen LogP) is 5.10. The molecule has 2 heterocycles. The van der Waals surface area contributed by atoms with Crippen molar-refractivity contribution in [3.05, 3.63) is 93.8 Å². The first-order valence-electron chi connectivity index (χ1n) is 18.0. The molecular weight excluding hydrogens is 756 g/mol. The van der Waals surface area contributed by atoms with Gasteiger partial charge in [-0.2, -0.15) is 0 Å². The predicted molar refractivity (Wildman–Crippen MR) is 198 cm³/mol. The van der Waals surface area contributed by atoms with Crippen molar-refractivity contribution in [1.82, 2.24) is 0 Å². The molecule has 0 saturated heterocycles. The summed E-state index contributed by atoms with van der Waals surface area (Å²) in [6.45, 7) is 3.99. The Morgan fingerprint density at radius 2 is 0.966 bits per heavy atom. The number of carbonyl (C=O) groups excluding carboxylic acids is 9.